The van der Waals surface area contributed by atoms with Crippen LogP contribution in [0.3, 0.4) is 0 Å². The number of ether oxygens (including phenoxy) is 2. The highest BCUT2D eigenvalue weighted by atomic mass is 16.5. The van der Waals surface area contributed by atoms with Gasteiger partial charge in [-0.15, -0.1) is 0 Å². The summed E-state index contributed by atoms with van der Waals surface area (Å²) in [6.45, 7) is 10.2. The number of nitrogen functional groups attached to an aromatic ring is 1. The molecular formula is C26H34N4O2. The van der Waals surface area contributed by atoms with Crippen LogP contribution in [0.25, 0.3) is 10.9 Å². The average Bonchev–Trinajstić information content (AvgIpc) is 2.78. The lowest BCUT2D eigenvalue weighted by Crippen LogP contribution is -2.38. The van der Waals surface area contributed by atoms with Crippen molar-refractivity contribution in [2.75, 3.05) is 37.4 Å². The second kappa shape index (κ2) is 10.1. The van der Waals surface area contributed by atoms with Crippen molar-refractivity contribution >= 4 is 22.4 Å². The van der Waals surface area contributed by atoms with Crippen molar-refractivity contribution in [3.63, 3.8) is 0 Å². The van der Waals surface area contributed by atoms with Gasteiger partial charge >= 0.3 is 0 Å². The SMILES string of the molecule is CCOc1cc(CN2CCC(Nc3cc(C)c4ccccc4n3)CC2)cc(OCC)c1N. The van der Waals surface area contributed by atoms with Crippen LogP contribution < -0.4 is 20.5 Å². The lowest BCUT2D eigenvalue weighted by molar-refractivity contribution is 0.210. The molecule has 2 heterocycles. The number of fused-ring (bicyclic) bond motifs is 1. The monoisotopic (exact) mass is 434 g/mol. The summed E-state index contributed by atoms with van der Waals surface area (Å²) in [5, 5.41) is 4.88. The molecule has 1 aromatic heterocycles. The second-order valence-electron chi connectivity index (χ2n) is 8.41. The van der Waals surface area contributed by atoms with Crippen LogP contribution in [0.5, 0.6) is 11.5 Å². The minimum atomic E-state index is 0.434. The number of likely N-dealkylation sites (tertiary alicyclic amines) is 1. The van der Waals surface area contributed by atoms with E-state index in [1.165, 1.54) is 16.5 Å². The van der Waals surface area contributed by atoms with Crippen molar-refractivity contribution in [3.05, 3.63) is 53.6 Å². The topological polar surface area (TPSA) is 72.6 Å². The molecule has 0 saturated carbocycles. The van der Waals surface area contributed by atoms with Gasteiger partial charge in [-0.1, -0.05) is 18.2 Å². The molecule has 1 fully saturated rings. The Morgan fingerprint density at radius 1 is 1.03 bits per heavy atom. The molecule has 4 rings (SSSR count). The molecule has 0 unspecified atom stereocenters. The Bertz CT molecular complexity index is 1030. The number of rotatable bonds is 8. The van der Waals surface area contributed by atoms with E-state index in [0.717, 1.165) is 43.8 Å². The van der Waals surface area contributed by atoms with Crippen LogP contribution in [-0.4, -0.2) is 42.2 Å². The predicted octanol–water partition coefficient (Wildman–Crippen LogP) is 5.00. The third-order valence-electron chi connectivity index (χ3n) is 6.03. The molecule has 6 nitrogen and oxygen atoms in total. The maximum Gasteiger partial charge on any atom is 0.146 e. The summed E-state index contributed by atoms with van der Waals surface area (Å²) in [4.78, 5) is 7.30. The summed E-state index contributed by atoms with van der Waals surface area (Å²) in [7, 11) is 0. The molecule has 0 amide bonds. The number of anilines is 2. The van der Waals surface area contributed by atoms with Crippen molar-refractivity contribution in [1.82, 2.24) is 9.88 Å². The number of para-hydroxylation sites is 1. The first-order valence-corrected chi connectivity index (χ1v) is 11.6. The quantitative estimate of drug-likeness (QED) is 0.486. The fourth-order valence-corrected chi connectivity index (χ4v) is 4.42. The molecule has 0 spiro atoms. The third-order valence-corrected chi connectivity index (χ3v) is 6.03. The third kappa shape index (κ3) is 5.07. The van der Waals surface area contributed by atoms with Gasteiger partial charge in [0.15, 0.2) is 0 Å². The van der Waals surface area contributed by atoms with E-state index in [0.29, 0.717) is 36.4 Å². The number of hydrogen-bond donors (Lipinski definition) is 2. The fraction of sp³-hybridized carbons (Fsp3) is 0.423. The maximum absolute atomic E-state index is 6.22. The van der Waals surface area contributed by atoms with E-state index >= 15 is 0 Å². The van der Waals surface area contributed by atoms with Gasteiger partial charge in [0.2, 0.25) is 0 Å². The van der Waals surface area contributed by atoms with Crippen LogP contribution in [0.4, 0.5) is 11.5 Å². The van der Waals surface area contributed by atoms with E-state index in [9.17, 15) is 0 Å². The number of nitrogens with zero attached hydrogens (tertiary/aromatic N) is 2. The molecule has 1 aliphatic rings. The first kappa shape index (κ1) is 22.2. The molecule has 3 aromatic rings. The Hall–Kier alpha value is -2.99. The van der Waals surface area contributed by atoms with Gasteiger partial charge in [-0.2, -0.15) is 0 Å². The zero-order valence-corrected chi connectivity index (χ0v) is 19.4. The number of benzene rings is 2. The van der Waals surface area contributed by atoms with Crippen LogP contribution in [0.1, 0.15) is 37.8 Å². The van der Waals surface area contributed by atoms with Gasteiger partial charge < -0.3 is 20.5 Å². The Morgan fingerprint density at radius 2 is 1.69 bits per heavy atom. The maximum atomic E-state index is 6.22. The van der Waals surface area contributed by atoms with Gasteiger partial charge in [0.05, 0.1) is 18.7 Å². The summed E-state index contributed by atoms with van der Waals surface area (Å²) in [5.74, 6) is 2.39. The minimum absolute atomic E-state index is 0.434. The molecular weight excluding hydrogens is 400 g/mol. The van der Waals surface area contributed by atoms with Gasteiger partial charge in [-0.3, -0.25) is 4.90 Å². The van der Waals surface area contributed by atoms with E-state index in [4.69, 9.17) is 20.2 Å². The van der Waals surface area contributed by atoms with Gasteiger partial charge in [-0.25, -0.2) is 4.98 Å². The lowest BCUT2D eigenvalue weighted by Gasteiger charge is -2.33. The number of aromatic nitrogens is 1. The summed E-state index contributed by atoms with van der Waals surface area (Å²) < 4.78 is 11.5. The molecule has 0 radical (unpaired) electrons. The van der Waals surface area contributed by atoms with Crippen molar-refractivity contribution in [2.24, 2.45) is 0 Å². The summed E-state index contributed by atoms with van der Waals surface area (Å²) in [5.41, 5.74) is 10.3. The lowest BCUT2D eigenvalue weighted by atomic mass is 10.0. The molecule has 0 bridgehead atoms. The Labute approximate surface area is 190 Å². The number of nitrogens with one attached hydrogen (secondary N) is 1. The first-order chi connectivity index (χ1) is 15.6. The highest BCUT2D eigenvalue weighted by Gasteiger charge is 2.21. The summed E-state index contributed by atoms with van der Waals surface area (Å²) in [6.07, 6.45) is 2.17. The van der Waals surface area contributed by atoms with E-state index in [-0.39, 0.29) is 0 Å². The molecule has 3 N–H and O–H groups in total. The van der Waals surface area contributed by atoms with Crippen LogP contribution >= 0.6 is 0 Å². The molecule has 0 atom stereocenters. The van der Waals surface area contributed by atoms with E-state index in [1.807, 2.05) is 32.0 Å². The number of piperidine rings is 1. The highest BCUT2D eigenvalue weighted by molar-refractivity contribution is 5.83. The van der Waals surface area contributed by atoms with Gasteiger partial charge in [0.25, 0.3) is 0 Å². The fourth-order valence-electron chi connectivity index (χ4n) is 4.42. The number of aryl methyl sites for hydroxylation is 1. The zero-order chi connectivity index (χ0) is 22.5. The number of hydrogen-bond acceptors (Lipinski definition) is 6. The van der Waals surface area contributed by atoms with E-state index in [2.05, 4.69) is 41.4 Å². The first-order valence-electron chi connectivity index (χ1n) is 11.6. The Kier molecular flexibility index (Phi) is 7.00. The van der Waals surface area contributed by atoms with Gasteiger partial charge in [0, 0.05) is 31.1 Å². The number of pyridine rings is 1. The number of nitrogens with two attached hydrogens (primary N) is 1. The zero-order valence-electron chi connectivity index (χ0n) is 19.4. The van der Waals surface area contributed by atoms with Crippen LogP contribution in [0.2, 0.25) is 0 Å². The van der Waals surface area contributed by atoms with Crippen LogP contribution in [0, 0.1) is 6.92 Å². The summed E-state index contributed by atoms with van der Waals surface area (Å²) in [6, 6.07) is 15.0. The normalized spacial score (nSPS) is 15.1. The largest absolute Gasteiger partial charge is 0.492 e. The van der Waals surface area contributed by atoms with Crippen LogP contribution in [0.15, 0.2) is 42.5 Å². The highest BCUT2D eigenvalue weighted by Crippen LogP contribution is 2.34. The van der Waals surface area contributed by atoms with Crippen molar-refractivity contribution in [1.29, 1.82) is 0 Å². The van der Waals surface area contributed by atoms with Crippen molar-refractivity contribution < 1.29 is 9.47 Å². The van der Waals surface area contributed by atoms with Crippen molar-refractivity contribution in [3.8, 4) is 11.5 Å². The Balaban J connectivity index is 1.38. The van der Waals surface area contributed by atoms with Gasteiger partial charge in [0.1, 0.15) is 23.0 Å². The van der Waals surface area contributed by atoms with Gasteiger partial charge in [-0.05, 0) is 69.0 Å². The average molecular weight is 435 g/mol. The van der Waals surface area contributed by atoms with Crippen molar-refractivity contribution in [2.45, 2.75) is 46.2 Å². The standard InChI is InChI=1S/C26H34N4O2/c1-4-31-23-15-19(16-24(26(23)27)32-5-2)17-30-12-10-20(11-13-30)28-25-14-18(3)21-8-6-7-9-22(21)29-25/h6-9,14-16,20H,4-5,10-13,17,27H2,1-3H3,(H,28,29). The molecule has 170 valence electrons. The van der Waals surface area contributed by atoms with E-state index in [1.54, 1.807) is 0 Å². The molecule has 0 aliphatic carbocycles. The smallest absolute Gasteiger partial charge is 0.146 e. The summed E-state index contributed by atoms with van der Waals surface area (Å²) >= 11 is 0. The molecule has 32 heavy (non-hydrogen) atoms. The van der Waals surface area contributed by atoms with Crippen LogP contribution in [-0.2, 0) is 6.54 Å². The molecule has 6 heteroatoms. The molecule has 1 aliphatic heterocycles. The Morgan fingerprint density at radius 3 is 2.34 bits per heavy atom. The second-order valence-corrected chi connectivity index (χ2v) is 8.41. The van der Waals surface area contributed by atoms with E-state index < -0.39 is 0 Å². The minimum Gasteiger partial charge on any atom is -0.492 e. The predicted molar refractivity (Wildman–Crippen MR) is 132 cm³/mol. The molecule has 2 aromatic carbocycles. The molecule has 1 saturated heterocycles.